The highest BCUT2D eigenvalue weighted by Crippen LogP contribution is 2.51. The first-order valence-electron chi connectivity index (χ1n) is 10.7. The molecule has 1 atom stereocenters. The second-order valence-corrected chi connectivity index (χ2v) is 10.1. The number of Topliss-reactive ketones (excluding diaryl/α,β-unsaturated/α-hetero) is 1. The number of ketones is 1. The van der Waals surface area contributed by atoms with Gasteiger partial charge in [-0.15, -0.1) is 0 Å². The number of allylic oxidation sites excluding steroid dienone is 3. The summed E-state index contributed by atoms with van der Waals surface area (Å²) in [6, 6.07) is 12.1. The van der Waals surface area contributed by atoms with Crippen molar-refractivity contribution in [2.45, 2.75) is 32.6 Å². The van der Waals surface area contributed by atoms with Crippen LogP contribution in [0.25, 0.3) is 0 Å². The molecule has 0 radical (unpaired) electrons. The summed E-state index contributed by atoms with van der Waals surface area (Å²) in [5.74, 6) is -0.189. The molecule has 1 heterocycles. The number of methoxy groups -OCH3 is 2. The highest BCUT2D eigenvalue weighted by molar-refractivity contribution is 9.10. The minimum atomic E-state index is -0.696. The van der Waals surface area contributed by atoms with Crippen molar-refractivity contribution < 1.29 is 18.7 Å². The van der Waals surface area contributed by atoms with Gasteiger partial charge in [0.25, 0.3) is 0 Å². The van der Waals surface area contributed by atoms with E-state index in [0.29, 0.717) is 45.6 Å². The summed E-state index contributed by atoms with van der Waals surface area (Å²) in [7, 11) is 3.06. The molecule has 0 amide bonds. The second-order valence-electron chi connectivity index (χ2n) is 9.19. The molecule has 2 N–H and O–H groups in total. The Hall–Kier alpha value is -3.31. The van der Waals surface area contributed by atoms with Gasteiger partial charge in [-0.05, 0) is 47.7 Å². The van der Waals surface area contributed by atoms with Gasteiger partial charge in [-0.3, -0.25) is 9.69 Å². The fraction of sp³-hybridized carbons (Fsp3) is 0.308. The van der Waals surface area contributed by atoms with Crippen molar-refractivity contribution in [3.63, 3.8) is 0 Å². The minimum absolute atomic E-state index is 0.0891. The third-order valence-corrected chi connectivity index (χ3v) is 6.77. The van der Waals surface area contributed by atoms with Gasteiger partial charge in [-0.1, -0.05) is 35.8 Å². The second kappa shape index (κ2) is 8.80. The molecule has 2 aromatic carbocycles. The third kappa shape index (κ3) is 3.94. The van der Waals surface area contributed by atoms with E-state index < -0.39 is 11.7 Å². The van der Waals surface area contributed by atoms with Crippen LogP contribution < -0.4 is 20.1 Å². The number of benzene rings is 2. The summed E-state index contributed by atoms with van der Waals surface area (Å²) in [5, 5.41) is 10.2. The summed E-state index contributed by atoms with van der Waals surface area (Å²) in [6.07, 6.45) is 0.803. The number of nitriles is 1. The van der Waals surface area contributed by atoms with E-state index in [-0.39, 0.29) is 28.3 Å². The molecule has 34 heavy (non-hydrogen) atoms. The Balaban J connectivity index is 2.01. The van der Waals surface area contributed by atoms with Crippen molar-refractivity contribution in [2.75, 3.05) is 19.1 Å². The fourth-order valence-electron chi connectivity index (χ4n) is 4.81. The first-order chi connectivity index (χ1) is 16.1. The number of nitrogens with zero attached hydrogens (tertiary/aromatic N) is 2. The van der Waals surface area contributed by atoms with Gasteiger partial charge in [0.05, 0.1) is 37.5 Å². The SMILES string of the molecule is COc1ccc([C@@H]2C(C#N)=C(N)N(c3ccc(Br)cc3F)C3=C2C(=O)CC(C)(C)C3)cc1OC. The molecule has 176 valence electrons. The summed E-state index contributed by atoms with van der Waals surface area (Å²) in [6.45, 7) is 3.99. The molecular weight excluding hydrogens is 501 g/mol. The molecule has 8 heteroatoms. The number of carbonyl (C=O) groups excluding carboxylic acids is 1. The quantitative estimate of drug-likeness (QED) is 0.563. The molecule has 1 aliphatic heterocycles. The molecule has 0 fully saturated rings. The summed E-state index contributed by atoms with van der Waals surface area (Å²) < 4.78 is 26.5. The van der Waals surface area contributed by atoms with Crippen molar-refractivity contribution >= 4 is 27.4 Å². The van der Waals surface area contributed by atoms with Crippen LogP contribution in [0.5, 0.6) is 11.5 Å². The van der Waals surface area contributed by atoms with E-state index in [2.05, 4.69) is 22.0 Å². The number of nitrogens with two attached hydrogens (primary N) is 1. The van der Waals surface area contributed by atoms with Crippen LogP contribution in [0.1, 0.15) is 38.2 Å². The Kier molecular flexibility index (Phi) is 6.17. The van der Waals surface area contributed by atoms with Crippen LogP contribution in [0.3, 0.4) is 0 Å². The Morgan fingerprint density at radius 3 is 2.47 bits per heavy atom. The smallest absolute Gasteiger partial charge is 0.162 e. The van der Waals surface area contributed by atoms with E-state index in [0.717, 1.165) is 0 Å². The predicted molar refractivity (Wildman–Crippen MR) is 131 cm³/mol. The first-order valence-corrected chi connectivity index (χ1v) is 11.5. The van der Waals surface area contributed by atoms with Gasteiger partial charge in [-0.25, -0.2) is 4.39 Å². The third-order valence-electron chi connectivity index (χ3n) is 6.27. The van der Waals surface area contributed by atoms with Gasteiger partial charge in [0, 0.05) is 22.2 Å². The van der Waals surface area contributed by atoms with Crippen LogP contribution in [-0.4, -0.2) is 20.0 Å². The van der Waals surface area contributed by atoms with Crippen molar-refractivity contribution in [3.8, 4) is 17.6 Å². The van der Waals surface area contributed by atoms with Crippen LogP contribution in [0.15, 0.2) is 63.5 Å². The van der Waals surface area contributed by atoms with E-state index in [4.69, 9.17) is 15.2 Å². The van der Waals surface area contributed by atoms with Crippen LogP contribution >= 0.6 is 15.9 Å². The van der Waals surface area contributed by atoms with Gasteiger partial charge in [0.1, 0.15) is 11.6 Å². The van der Waals surface area contributed by atoms with Gasteiger partial charge in [0.2, 0.25) is 0 Å². The lowest BCUT2D eigenvalue weighted by Crippen LogP contribution is -2.42. The van der Waals surface area contributed by atoms with Crippen LogP contribution in [0.2, 0.25) is 0 Å². The molecule has 0 bridgehead atoms. The number of halogens is 2. The Morgan fingerprint density at radius 1 is 1.15 bits per heavy atom. The molecule has 0 aromatic heterocycles. The number of ether oxygens (including phenoxy) is 2. The Labute approximate surface area is 206 Å². The maximum atomic E-state index is 15.1. The van der Waals surface area contributed by atoms with E-state index in [1.165, 1.54) is 25.2 Å². The van der Waals surface area contributed by atoms with Crippen molar-refractivity contribution in [3.05, 3.63) is 74.9 Å². The standard InChI is InChI=1S/C26H25BrFN3O3/c1-26(2)11-19-24(20(32)12-26)23(14-5-8-21(33-3)22(9-14)34-4)16(13-29)25(30)31(19)18-7-6-15(27)10-17(18)28/h5-10,23H,11-12,30H2,1-4H3/t23-/m1/s1. The summed E-state index contributed by atoms with van der Waals surface area (Å²) in [4.78, 5) is 15.1. The number of carbonyl (C=O) groups is 1. The molecule has 2 aliphatic rings. The lowest BCUT2D eigenvalue weighted by atomic mass is 9.68. The minimum Gasteiger partial charge on any atom is -0.493 e. The molecule has 0 saturated heterocycles. The largest absolute Gasteiger partial charge is 0.493 e. The first kappa shape index (κ1) is 23.8. The van der Waals surface area contributed by atoms with E-state index in [1.54, 1.807) is 30.3 Å². The molecule has 6 nitrogen and oxygen atoms in total. The van der Waals surface area contributed by atoms with Crippen LogP contribution in [0, 0.1) is 22.6 Å². The van der Waals surface area contributed by atoms with E-state index in [9.17, 15) is 10.1 Å². The lowest BCUT2D eigenvalue weighted by molar-refractivity contribution is -0.118. The normalized spacial score (nSPS) is 19.6. The van der Waals surface area contributed by atoms with Gasteiger partial charge in [0.15, 0.2) is 17.3 Å². The van der Waals surface area contributed by atoms with Gasteiger partial charge < -0.3 is 15.2 Å². The number of anilines is 1. The van der Waals surface area contributed by atoms with E-state index in [1.807, 2.05) is 13.8 Å². The molecule has 0 unspecified atom stereocenters. The number of rotatable bonds is 4. The average molecular weight is 526 g/mol. The molecule has 0 saturated carbocycles. The van der Waals surface area contributed by atoms with Crippen molar-refractivity contribution in [1.82, 2.24) is 0 Å². The van der Waals surface area contributed by atoms with Gasteiger partial charge in [-0.2, -0.15) is 5.26 Å². The molecular formula is C26H25BrFN3O3. The Bertz CT molecular complexity index is 1290. The highest BCUT2D eigenvalue weighted by atomic mass is 79.9. The van der Waals surface area contributed by atoms with Crippen LogP contribution in [0.4, 0.5) is 10.1 Å². The maximum Gasteiger partial charge on any atom is 0.162 e. The van der Waals surface area contributed by atoms with Crippen molar-refractivity contribution in [2.24, 2.45) is 11.1 Å². The topological polar surface area (TPSA) is 88.6 Å². The molecule has 1 aliphatic carbocycles. The van der Waals surface area contributed by atoms with Gasteiger partial charge >= 0.3 is 0 Å². The summed E-state index contributed by atoms with van der Waals surface area (Å²) in [5.41, 5.74) is 8.33. The Morgan fingerprint density at radius 2 is 1.85 bits per heavy atom. The van der Waals surface area contributed by atoms with Crippen molar-refractivity contribution in [1.29, 1.82) is 5.26 Å². The van der Waals surface area contributed by atoms with Crippen LogP contribution in [-0.2, 0) is 4.79 Å². The fourth-order valence-corrected chi connectivity index (χ4v) is 5.15. The molecule has 2 aromatic rings. The maximum absolute atomic E-state index is 15.1. The summed E-state index contributed by atoms with van der Waals surface area (Å²) >= 11 is 3.28. The highest BCUT2D eigenvalue weighted by Gasteiger charge is 2.45. The lowest BCUT2D eigenvalue weighted by Gasteiger charge is -2.43. The zero-order chi connectivity index (χ0) is 24.8. The average Bonchev–Trinajstić information content (AvgIpc) is 2.78. The van der Waals surface area contributed by atoms with E-state index >= 15 is 4.39 Å². The number of hydrogen-bond acceptors (Lipinski definition) is 6. The monoisotopic (exact) mass is 525 g/mol. The zero-order valence-corrected chi connectivity index (χ0v) is 21.0. The number of hydrogen-bond donors (Lipinski definition) is 1. The zero-order valence-electron chi connectivity index (χ0n) is 19.4. The molecule has 0 spiro atoms. The molecule has 4 rings (SSSR count). The predicted octanol–water partition coefficient (Wildman–Crippen LogP) is 5.55.